The number of rotatable bonds is 6. The average molecular weight is 251 g/mol. The first-order valence-corrected chi connectivity index (χ1v) is 7.38. The Hall–Kier alpha value is -0.510. The highest BCUT2D eigenvalue weighted by atomic mass is 32.2. The molecular formula is C14H21NOS. The lowest BCUT2D eigenvalue weighted by atomic mass is 10.1. The van der Waals surface area contributed by atoms with Crippen LogP contribution in [0.2, 0.25) is 0 Å². The first-order valence-electron chi connectivity index (χ1n) is 6.39. The number of hydrogen-bond donors (Lipinski definition) is 1. The van der Waals surface area contributed by atoms with Crippen LogP contribution >= 0.6 is 11.8 Å². The Kier molecular flexibility index (Phi) is 5.36. The van der Waals surface area contributed by atoms with Crippen molar-refractivity contribution in [2.75, 3.05) is 18.9 Å². The number of benzene rings is 1. The minimum Gasteiger partial charge on any atom is -0.377 e. The summed E-state index contributed by atoms with van der Waals surface area (Å²) < 4.78 is 5.93. The van der Waals surface area contributed by atoms with Crippen molar-refractivity contribution in [2.45, 2.75) is 30.3 Å². The zero-order chi connectivity index (χ0) is 11.9. The molecule has 2 rings (SSSR count). The van der Waals surface area contributed by atoms with E-state index in [1.807, 2.05) is 17.8 Å². The smallest absolute Gasteiger partial charge is 0.0615 e. The average Bonchev–Trinajstić information content (AvgIpc) is 2.83. The number of ether oxygens (including phenoxy) is 1. The lowest BCUT2D eigenvalue weighted by molar-refractivity contribution is 0.0405. The van der Waals surface area contributed by atoms with E-state index in [0.29, 0.717) is 12.0 Å². The summed E-state index contributed by atoms with van der Waals surface area (Å²) in [4.78, 5) is 1.32. The monoisotopic (exact) mass is 251 g/mol. The van der Waals surface area contributed by atoms with Crippen molar-refractivity contribution >= 4 is 11.8 Å². The maximum absolute atomic E-state index is 5.93. The molecule has 2 unspecified atom stereocenters. The van der Waals surface area contributed by atoms with Gasteiger partial charge in [-0.05, 0) is 37.4 Å². The van der Waals surface area contributed by atoms with Gasteiger partial charge in [-0.3, -0.25) is 0 Å². The van der Waals surface area contributed by atoms with Crippen LogP contribution in [0.25, 0.3) is 0 Å². The zero-order valence-electron chi connectivity index (χ0n) is 10.2. The summed E-state index contributed by atoms with van der Waals surface area (Å²) in [6.07, 6.45) is 4.12. The van der Waals surface area contributed by atoms with Gasteiger partial charge < -0.3 is 10.5 Å². The van der Waals surface area contributed by atoms with Crippen molar-refractivity contribution in [1.29, 1.82) is 0 Å². The fourth-order valence-electron chi connectivity index (χ4n) is 2.37. The minimum atomic E-state index is 0.413. The highest BCUT2D eigenvalue weighted by molar-refractivity contribution is 7.99. The highest BCUT2D eigenvalue weighted by Crippen LogP contribution is 2.27. The van der Waals surface area contributed by atoms with Gasteiger partial charge in [-0.15, -0.1) is 11.8 Å². The molecule has 2 nitrogen and oxygen atoms in total. The molecule has 0 bridgehead atoms. The van der Waals surface area contributed by atoms with Crippen LogP contribution in [0.1, 0.15) is 19.3 Å². The van der Waals surface area contributed by atoms with Crippen molar-refractivity contribution in [3.63, 3.8) is 0 Å². The van der Waals surface area contributed by atoms with Crippen molar-refractivity contribution in [1.82, 2.24) is 0 Å². The molecule has 2 atom stereocenters. The fraction of sp³-hybridized carbons (Fsp3) is 0.571. The molecular weight excluding hydrogens is 230 g/mol. The van der Waals surface area contributed by atoms with Crippen LogP contribution in [0.5, 0.6) is 0 Å². The van der Waals surface area contributed by atoms with Crippen molar-refractivity contribution in [3.05, 3.63) is 30.3 Å². The third kappa shape index (κ3) is 4.02. The van der Waals surface area contributed by atoms with E-state index >= 15 is 0 Å². The Morgan fingerprint density at radius 2 is 2.06 bits per heavy atom. The van der Waals surface area contributed by atoms with E-state index in [2.05, 4.69) is 24.3 Å². The van der Waals surface area contributed by atoms with Gasteiger partial charge in [-0.2, -0.15) is 0 Å². The van der Waals surface area contributed by atoms with Gasteiger partial charge >= 0.3 is 0 Å². The second-order valence-corrected chi connectivity index (χ2v) is 5.67. The molecule has 0 heterocycles. The van der Waals surface area contributed by atoms with Crippen LogP contribution in [-0.4, -0.2) is 25.0 Å². The summed E-state index contributed by atoms with van der Waals surface area (Å²) in [5, 5.41) is 0. The first kappa shape index (κ1) is 12.9. The Labute approximate surface area is 108 Å². The van der Waals surface area contributed by atoms with Gasteiger partial charge in [0.2, 0.25) is 0 Å². The van der Waals surface area contributed by atoms with Gasteiger partial charge in [-0.1, -0.05) is 24.6 Å². The number of nitrogens with two attached hydrogens (primary N) is 1. The molecule has 0 aromatic heterocycles. The normalized spacial score (nSPS) is 24.1. The molecule has 1 aromatic rings. The summed E-state index contributed by atoms with van der Waals surface area (Å²) in [6, 6.07) is 10.5. The zero-order valence-corrected chi connectivity index (χ0v) is 11.0. The van der Waals surface area contributed by atoms with Crippen molar-refractivity contribution in [2.24, 2.45) is 11.7 Å². The van der Waals surface area contributed by atoms with E-state index in [4.69, 9.17) is 10.5 Å². The molecule has 0 radical (unpaired) electrons. The van der Waals surface area contributed by atoms with Gasteiger partial charge in [0.25, 0.3) is 0 Å². The Balaban J connectivity index is 1.63. The SMILES string of the molecule is NCC1CCCC1OCCSc1ccccc1. The van der Waals surface area contributed by atoms with Gasteiger partial charge in [0.1, 0.15) is 0 Å². The fourth-order valence-corrected chi connectivity index (χ4v) is 3.13. The van der Waals surface area contributed by atoms with E-state index in [1.165, 1.54) is 24.2 Å². The van der Waals surface area contributed by atoms with E-state index in [1.54, 1.807) is 0 Å². The number of thioether (sulfide) groups is 1. The molecule has 1 aliphatic rings. The maximum Gasteiger partial charge on any atom is 0.0615 e. The van der Waals surface area contributed by atoms with Crippen LogP contribution in [0.15, 0.2) is 35.2 Å². The predicted molar refractivity (Wildman–Crippen MR) is 73.3 cm³/mol. The Bertz CT molecular complexity index is 317. The molecule has 1 saturated carbocycles. The molecule has 1 aliphatic carbocycles. The molecule has 0 saturated heterocycles. The van der Waals surface area contributed by atoms with Crippen LogP contribution in [0.4, 0.5) is 0 Å². The van der Waals surface area contributed by atoms with Crippen LogP contribution < -0.4 is 5.73 Å². The summed E-state index contributed by atoms with van der Waals surface area (Å²) in [6.45, 7) is 1.61. The largest absolute Gasteiger partial charge is 0.377 e. The Morgan fingerprint density at radius 3 is 2.82 bits per heavy atom. The van der Waals surface area contributed by atoms with Crippen molar-refractivity contribution in [3.8, 4) is 0 Å². The van der Waals surface area contributed by atoms with Crippen LogP contribution in [0.3, 0.4) is 0 Å². The maximum atomic E-state index is 5.93. The molecule has 1 fully saturated rings. The summed E-state index contributed by atoms with van der Waals surface area (Å²) in [5.74, 6) is 1.62. The molecule has 0 aliphatic heterocycles. The highest BCUT2D eigenvalue weighted by Gasteiger charge is 2.26. The second-order valence-electron chi connectivity index (χ2n) is 4.50. The Morgan fingerprint density at radius 1 is 1.24 bits per heavy atom. The topological polar surface area (TPSA) is 35.2 Å². The van der Waals surface area contributed by atoms with Gasteiger partial charge in [0.05, 0.1) is 12.7 Å². The minimum absolute atomic E-state index is 0.413. The summed E-state index contributed by atoms with van der Waals surface area (Å²) >= 11 is 1.86. The standard InChI is InChI=1S/C14H21NOS/c15-11-12-5-4-8-14(12)16-9-10-17-13-6-2-1-3-7-13/h1-3,6-7,12,14H,4-5,8-11,15H2. The summed E-state index contributed by atoms with van der Waals surface area (Å²) in [5.41, 5.74) is 5.73. The third-order valence-electron chi connectivity index (χ3n) is 3.32. The molecule has 2 N–H and O–H groups in total. The molecule has 3 heteroatoms. The second kappa shape index (κ2) is 7.04. The lowest BCUT2D eigenvalue weighted by Gasteiger charge is -2.18. The molecule has 1 aromatic carbocycles. The summed E-state index contributed by atoms with van der Waals surface area (Å²) in [7, 11) is 0. The molecule has 0 amide bonds. The van der Waals surface area contributed by atoms with Crippen molar-refractivity contribution < 1.29 is 4.74 Å². The van der Waals surface area contributed by atoms with Gasteiger partial charge in [-0.25, -0.2) is 0 Å². The first-order chi connectivity index (χ1) is 8.40. The van der Waals surface area contributed by atoms with Gasteiger partial charge in [0.15, 0.2) is 0 Å². The predicted octanol–water partition coefficient (Wildman–Crippen LogP) is 2.92. The molecule has 0 spiro atoms. The lowest BCUT2D eigenvalue weighted by Crippen LogP contribution is -2.26. The van der Waals surface area contributed by atoms with Crippen LogP contribution in [-0.2, 0) is 4.74 Å². The molecule has 94 valence electrons. The van der Waals surface area contributed by atoms with Crippen LogP contribution in [0, 0.1) is 5.92 Å². The quantitative estimate of drug-likeness (QED) is 0.623. The molecule has 17 heavy (non-hydrogen) atoms. The van der Waals surface area contributed by atoms with Gasteiger partial charge in [0, 0.05) is 10.6 Å². The third-order valence-corrected chi connectivity index (χ3v) is 4.30. The van der Waals surface area contributed by atoms with E-state index in [-0.39, 0.29) is 0 Å². The van der Waals surface area contributed by atoms with E-state index < -0.39 is 0 Å². The van der Waals surface area contributed by atoms with E-state index in [0.717, 1.165) is 18.9 Å². The van der Waals surface area contributed by atoms with E-state index in [9.17, 15) is 0 Å². The number of hydrogen-bond acceptors (Lipinski definition) is 3.